The zero-order valence-corrected chi connectivity index (χ0v) is 8.69. The lowest BCUT2D eigenvalue weighted by Gasteiger charge is -2.03. The van der Waals surface area contributed by atoms with Crippen molar-refractivity contribution < 1.29 is 0 Å². The summed E-state index contributed by atoms with van der Waals surface area (Å²) in [5.74, 6) is 6.79. The average Bonchev–Trinajstić information content (AvgIpc) is 2.14. The summed E-state index contributed by atoms with van der Waals surface area (Å²) in [6.45, 7) is 4.07. The maximum atomic E-state index is 5.23. The summed E-state index contributed by atoms with van der Waals surface area (Å²) >= 11 is 1.72. The highest BCUT2D eigenvalue weighted by Gasteiger charge is 2.00. The molecule has 0 saturated heterocycles. The fourth-order valence-electron chi connectivity index (χ4n) is 0.885. The molecule has 0 aliphatic rings. The second-order valence-corrected chi connectivity index (χ2v) is 3.78. The summed E-state index contributed by atoms with van der Waals surface area (Å²) in [5, 5.41) is 0.974. The van der Waals surface area contributed by atoms with Crippen molar-refractivity contribution in [3.05, 3.63) is 11.8 Å². The molecule has 0 atom stereocenters. The molecule has 0 fully saturated rings. The quantitative estimate of drug-likeness (QED) is 0.333. The van der Waals surface area contributed by atoms with Crippen LogP contribution in [0.5, 0.6) is 0 Å². The Morgan fingerprint density at radius 3 is 2.92 bits per heavy atom. The Balaban J connectivity index is 2.76. The molecule has 1 rings (SSSR count). The molecule has 0 aromatic carbocycles. The monoisotopic (exact) mass is 198 g/mol. The molecule has 0 spiro atoms. The minimum atomic E-state index is 0.485. The predicted molar refractivity (Wildman–Crippen MR) is 55.6 cm³/mol. The number of hydrogen-bond donors (Lipinski definition) is 2. The molecule has 72 valence electrons. The van der Waals surface area contributed by atoms with Gasteiger partial charge < -0.3 is 0 Å². The normalized spacial score (nSPS) is 10.1. The van der Waals surface area contributed by atoms with Crippen LogP contribution in [0.15, 0.2) is 11.1 Å². The van der Waals surface area contributed by atoms with Crippen LogP contribution in [-0.2, 0) is 0 Å². The molecule has 0 saturated carbocycles. The molecule has 4 nitrogen and oxygen atoms in total. The Labute approximate surface area is 82.3 Å². The number of anilines is 1. The standard InChI is InChI=1S/C8H14N4S/c1-3-4-13-7-5-6(2)10-8(11-7)12-9/h5H,3-4,9H2,1-2H3,(H,10,11,12). The molecule has 3 N–H and O–H groups in total. The van der Waals surface area contributed by atoms with Gasteiger partial charge in [-0.05, 0) is 25.2 Å². The third kappa shape index (κ3) is 3.20. The second kappa shape index (κ2) is 5.04. The van der Waals surface area contributed by atoms with E-state index in [1.165, 1.54) is 0 Å². The highest BCUT2D eigenvalue weighted by atomic mass is 32.2. The van der Waals surface area contributed by atoms with Crippen LogP contribution in [0, 0.1) is 6.92 Å². The van der Waals surface area contributed by atoms with Gasteiger partial charge in [0.05, 0.1) is 0 Å². The van der Waals surface area contributed by atoms with Gasteiger partial charge in [-0.15, -0.1) is 11.8 Å². The van der Waals surface area contributed by atoms with Gasteiger partial charge >= 0.3 is 0 Å². The van der Waals surface area contributed by atoms with E-state index in [1.54, 1.807) is 11.8 Å². The summed E-state index contributed by atoms with van der Waals surface area (Å²) in [6.07, 6.45) is 1.14. The van der Waals surface area contributed by atoms with Gasteiger partial charge in [-0.25, -0.2) is 15.8 Å². The maximum absolute atomic E-state index is 5.23. The molecule has 0 unspecified atom stereocenters. The van der Waals surface area contributed by atoms with Crippen molar-refractivity contribution in [3.63, 3.8) is 0 Å². The van der Waals surface area contributed by atoms with Crippen LogP contribution < -0.4 is 11.3 Å². The van der Waals surface area contributed by atoms with E-state index in [-0.39, 0.29) is 0 Å². The lowest BCUT2D eigenvalue weighted by molar-refractivity contribution is 0.990. The van der Waals surface area contributed by atoms with Gasteiger partial charge in [0.2, 0.25) is 5.95 Å². The molecule has 0 radical (unpaired) electrons. The van der Waals surface area contributed by atoms with Crippen LogP contribution >= 0.6 is 11.8 Å². The van der Waals surface area contributed by atoms with Gasteiger partial charge in [0, 0.05) is 5.69 Å². The van der Waals surface area contributed by atoms with Crippen molar-refractivity contribution in [2.24, 2.45) is 5.84 Å². The van der Waals surface area contributed by atoms with E-state index in [0.29, 0.717) is 5.95 Å². The van der Waals surface area contributed by atoms with E-state index < -0.39 is 0 Å². The highest BCUT2D eigenvalue weighted by molar-refractivity contribution is 7.99. The zero-order chi connectivity index (χ0) is 9.68. The van der Waals surface area contributed by atoms with Crippen LogP contribution in [-0.4, -0.2) is 15.7 Å². The van der Waals surface area contributed by atoms with E-state index in [2.05, 4.69) is 22.3 Å². The van der Waals surface area contributed by atoms with Crippen molar-refractivity contribution in [1.82, 2.24) is 9.97 Å². The molecule has 1 aromatic heterocycles. The first-order valence-electron chi connectivity index (χ1n) is 4.21. The number of thioether (sulfide) groups is 1. The predicted octanol–water partition coefficient (Wildman–Crippen LogP) is 1.57. The number of hydrazine groups is 1. The van der Waals surface area contributed by atoms with E-state index in [0.717, 1.165) is 22.9 Å². The Bertz CT molecular complexity index is 277. The van der Waals surface area contributed by atoms with Gasteiger partial charge in [-0.1, -0.05) is 6.92 Å². The van der Waals surface area contributed by atoms with Gasteiger partial charge in [-0.2, -0.15) is 0 Å². The number of nitrogens with two attached hydrogens (primary N) is 1. The molecule has 1 heterocycles. The summed E-state index contributed by atoms with van der Waals surface area (Å²) in [5.41, 5.74) is 3.38. The van der Waals surface area contributed by atoms with Crippen molar-refractivity contribution in [2.45, 2.75) is 25.3 Å². The van der Waals surface area contributed by atoms with Crippen molar-refractivity contribution in [3.8, 4) is 0 Å². The molecule has 0 amide bonds. The molecule has 5 heteroatoms. The first kappa shape index (κ1) is 10.3. The number of nitrogens with zero attached hydrogens (tertiary/aromatic N) is 2. The first-order chi connectivity index (χ1) is 6.26. The fourth-order valence-corrected chi connectivity index (χ4v) is 1.70. The van der Waals surface area contributed by atoms with E-state index >= 15 is 0 Å². The molecule has 0 bridgehead atoms. The summed E-state index contributed by atoms with van der Waals surface area (Å²) in [4.78, 5) is 8.31. The summed E-state index contributed by atoms with van der Waals surface area (Å²) in [6, 6.07) is 1.96. The number of nitrogens with one attached hydrogen (secondary N) is 1. The summed E-state index contributed by atoms with van der Waals surface area (Å²) < 4.78 is 0. The Morgan fingerprint density at radius 1 is 1.54 bits per heavy atom. The topological polar surface area (TPSA) is 63.8 Å². The number of aryl methyl sites for hydroxylation is 1. The largest absolute Gasteiger partial charge is 0.292 e. The molecular formula is C8H14N4S. The molecule has 0 aliphatic heterocycles. The van der Waals surface area contributed by atoms with E-state index in [9.17, 15) is 0 Å². The summed E-state index contributed by atoms with van der Waals surface area (Å²) in [7, 11) is 0. The lowest BCUT2D eigenvalue weighted by atomic mass is 10.5. The van der Waals surface area contributed by atoms with Crippen LogP contribution in [0.1, 0.15) is 19.0 Å². The van der Waals surface area contributed by atoms with Gasteiger partial charge in [-0.3, -0.25) is 5.43 Å². The van der Waals surface area contributed by atoms with Crippen molar-refractivity contribution >= 4 is 17.7 Å². The number of nitrogen functional groups attached to an aromatic ring is 1. The molecular weight excluding hydrogens is 184 g/mol. The smallest absolute Gasteiger partial charge is 0.238 e. The minimum Gasteiger partial charge on any atom is -0.292 e. The number of aromatic nitrogens is 2. The van der Waals surface area contributed by atoms with Gasteiger partial charge in [0.1, 0.15) is 5.03 Å². The highest BCUT2D eigenvalue weighted by Crippen LogP contribution is 2.17. The molecule has 1 aromatic rings. The molecule has 0 aliphatic carbocycles. The first-order valence-corrected chi connectivity index (χ1v) is 5.20. The maximum Gasteiger partial charge on any atom is 0.238 e. The minimum absolute atomic E-state index is 0.485. The van der Waals surface area contributed by atoms with E-state index in [1.807, 2.05) is 13.0 Å². The third-order valence-electron chi connectivity index (χ3n) is 1.41. The number of hydrogen-bond acceptors (Lipinski definition) is 5. The number of rotatable bonds is 4. The van der Waals surface area contributed by atoms with Crippen molar-refractivity contribution in [1.29, 1.82) is 0 Å². The van der Waals surface area contributed by atoms with Crippen LogP contribution in [0.3, 0.4) is 0 Å². The Kier molecular flexibility index (Phi) is 3.98. The average molecular weight is 198 g/mol. The molecule has 13 heavy (non-hydrogen) atoms. The Hall–Kier alpha value is -0.810. The lowest BCUT2D eigenvalue weighted by Crippen LogP contribution is -2.11. The van der Waals surface area contributed by atoms with E-state index in [4.69, 9.17) is 5.84 Å². The SMILES string of the molecule is CCCSc1cc(C)nc(NN)n1. The zero-order valence-electron chi connectivity index (χ0n) is 7.87. The van der Waals surface area contributed by atoms with Gasteiger partial charge in [0.15, 0.2) is 0 Å². The van der Waals surface area contributed by atoms with Crippen LogP contribution in [0.25, 0.3) is 0 Å². The van der Waals surface area contributed by atoms with Crippen LogP contribution in [0.2, 0.25) is 0 Å². The second-order valence-electron chi connectivity index (χ2n) is 2.66. The fraction of sp³-hybridized carbons (Fsp3) is 0.500. The van der Waals surface area contributed by atoms with Crippen molar-refractivity contribution in [2.75, 3.05) is 11.2 Å². The Morgan fingerprint density at radius 2 is 2.31 bits per heavy atom. The van der Waals surface area contributed by atoms with Crippen LogP contribution in [0.4, 0.5) is 5.95 Å². The van der Waals surface area contributed by atoms with Gasteiger partial charge in [0.25, 0.3) is 0 Å². The third-order valence-corrected chi connectivity index (χ3v) is 2.53.